The summed E-state index contributed by atoms with van der Waals surface area (Å²) in [6.07, 6.45) is 1.19. The van der Waals surface area contributed by atoms with Crippen LogP contribution in [0.3, 0.4) is 0 Å². The zero-order valence-corrected chi connectivity index (χ0v) is 13.3. The van der Waals surface area contributed by atoms with Gasteiger partial charge in [-0.2, -0.15) is 11.8 Å². The Morgan fingerprint density at radius 3 is 2.94 bits per heavy atom. The van der Waals surface area contributed by atoms with Crippen LogP contribution in [0.15, 0.2) is 22.7 Å². The second-order valence-corrected chi connectivity index (χ2v) is 7.94. The van der Waals surface area contributed by atoms with Crippen molar-refractivity contribution in [2.75, 3.05) is 18.8 Å². The topological polar surface area (TPSA) is 3.24 Å². The summed E-state index contributed by atoms with van der Waals surface area (Å²) in [4.78, 5) is 2.42. The second kappa shape index (κ2) is 5.93. The summed E-state index contributed by atoms with van der Waals surface area (Å²) in [5.41, 5.74) is 1.04. The van der Waals surface area contributed by atoms with Crippen molar-refractivity contribution < 1.29 is 4.39 Å². The van der Waals surface area contributed by atoms with Gasteiger partial charge in [-0.3, -0.25) is 4.90 Å². The smallest absolute Gasteiger partial charge is 0.137 e. The summed E-state index contributed by atoms with van der Waals surface area (Å²) in [7, 11) is 0. The van der Waals surface area contributed by atoms with Gasteiger partial charge >= 0.3 is 0 Å². The van der Waals surface area contributed by atoms with Crippen LogP contribution in [0.2, 0.25) is 0 Å². The maximum atomic E-state index is 13.5. The first-order valence-electron chi connectivity index (χ1n) is 6.27. The Labute approximate surface area is 121 Å². The highest BCUT2D eigenvalue weighted by molar-refractivity contribution is 9.10. The van der Waals surface area contributed by atoms with Crippen LogP contribution in [0.25, 0.3) is 0 Å². The van der Waals surface area contributed by atoms with Gasteiger partial charge in [0.25, 0.3) is 0 Å². The summed E-state index contributed by atoms with van der Waals surface area (Å²) < 4.78 is 14.4. The van der Waals surface area contributed by atoms with Crippen molar-refractivity contribution in [1.29, 1.82) is 0 Å². The summed E-state index contributed by atoms with van der Waals surface area (Å²) in [6.45, 7) is 7.60. The summed E-state index contributed by atoms with van der Waals surface area (Å²) in [6, 6.07) is 5.28. The molecular weight excluding hydrogens is 313 g/mol. The maximum Gasteiger partial charge on any atom is 0.137 e. The van der Waals surface area contributed by atoms with Crippen LogP contribution in [-0.4, -0.2) is 28.5 Å². The minimum Gasteiger partial charge on any atom is -0.298 e. The highest BCUT2D eigenvalue weighted by Crippen LogP contribution is 2.31. The van der Waals surface area contributed by atoms with Crippen molar-refractivity contribution in [3.8, 4) is 0 Å². The van der Waals surface area contributed by atoms with E-state index < -0.39 is 0 Å². The SMILES string of the molecule is CC1(C)CCN(Cc2cccc(F)c2Br)CCS1. The molecule has 0 atom stereocenters. The van der Waals surface area contributed by atoms with Crippen LogP contribution in [-0.2, 0) is 6.54 Å². The van der Waals surface area contributed by atoms with Crippen molar-refractivity contribution in [2.45, 2.75) is 31.6 Å². The molecule has 1 aromatic carbocycles. The first kappa shape index (κ1) is 14.4. The number of hydrogen-bond acceptors (Lipinski definition) is 2. The third-order valence-electron chi connectivity index (χ3n) is 3.36. The van der Waals surface area contributed by atoms with Gasteiger partial charge < -0.3 is 0 Å². The molecular formula is C14H19BrFNS. The molecule has 4 heteroatoms. The number of nitrogens with zero attached hydrogens (tertiary/aromatic N) is 1. The zero-order valence-electron chi connectivity index (χ0n) is 10.9. The predicted octanol–water partition coefficient (Wildman–Crippen LogP) is 4.31. The van der Waals surface area contributed by atoms with Crippen molar-refractivity contribution in [2.24, 2.45) is 0 Å². The highest BCUT2D eigenvalue weighted by Gasteiger charge is 2.23. The van der Waals surface area contributed by atoms with Gasteiger partial charge in [0, 0.05) is 23.6 Å². The van der Waals surface area contributed by atoms with E-state index >= 15 is 0 Å². The molecule has 1 aliphatic heterocycles. The van der Waals surface area contributed by atoms with E-state index in [-0.39, 0.29) is 5.82 Å². The Hall–Kier alpha value is -0.0600. The molecule has 100 valence electrons. The minimum absolute atomic E-state index is 0.169. The van der Waals surface area contributed by atoms with E-state index in [2.05, 4.69) is 34.7 Å². The molecule has 1 heterocycles. The van der Waals surface area contributed by atoms with Crippen LogP contribution in [0.5, 0.6) is 0 Å². The van der Waals surface area contributed by atoms with Gasteiger partial charge in [0.1, 0.15) is 5.82 Å². The molecule has 1 fully saturated rings. The van der Waals surface area contributed by atoms with Gasteiger partial charge in [-0.25, -0.2) is 4.39 Å². The first-order chi connectivity index (χ1) is 8.48. The maximum absolute atomic E-state index is 13.5. The van der Waals surface area contributed by atoms with Crippen molar-refractivity contribution in [1.82, 2.24) is 4.90 Å². The number of thioether (sulfide) groups is 1. The average Bonchev–Trinajstić information content (AvgIpc) is 2.47. The Morgan fingerprint density at radius 1 is 1.39 bits per heavy atom. The Balaban J connectivity index is 2.03. The monoisotopic (exact) mass is 331 g/mol. The standard InChI is InChI=1S/C14H19BrFNS/c1-14(2)6-7-17(8-9-18-14)10-11-4-3-5-12(16)13(11)15/h3-5H,6-10H2,1-2H3. The Morgan fingerprint density at radius 2 is 2.17 bits per heavy atom. The molecule has 1 aromatic rings. The molecule has 18 heavy (non-hydrogen) atoms. The lowest BCUT2D eigenvalue weighted by Gasteiger charge is -2.23. The third-order valence-corrected chi connectivity index (χ3v) is 5.62. The largest absolute Gasteiger partial charge is 0.298 e. The molecule has 0 bridgehead atoms. The van der Waals surface area contributed by atoms with E-state index in [1.807, 2.05) is 17.8 Å². The van der Waals surface area contributed by atoms with Gasteiger partial charge in [-0.05, 0) is 40.5 Å². The number of halogens is 2. The molecule has 1 nitrogen and oxygen atoms in total. The normalized spacial score (nSPS) is 20.7. The predicted molar refractivity (Wildman–Crippen MR) is 80.5 cm³/mol. The molecule has 0 radical (unpaired) electrons. The molecule has 0 aromatic heterocycles. The Bertz CT molecular complexity index is 422. The lowest BCUT2D eigenvalue weighted by Crippen LogP contribution is -2.27. The lowest BCUT2D eigenvalue weighted by atomic mass is 10.1. The van der Waals surface area contributed by atoms with E-state index in [0.29, 0.717) is 9.22 Å². The molecule has 2 rings (SSSR count). The number of rotatable bonds is 2. The van der Waals surface area contributed by atoms with E-state index in [0.717, 1.165) is 31.0 Å². The fourth-order valence-electron chi connectivity index (χ4n) is 2.13. The van der Waals surface area contributed by atoms with Crippen LogP contribution < -0.4 is 0 Å². The molecule has 0 spiro atoms. The first-order valence-corrected chi connectivity index (χ1v) is 8.05. The second-order valence-electron chi connectivity index (χ2n) is 5.35. The molecule has 0 saturated carbocycles. The van der Waals surface area contributed by atoms with E-state index in [1.54, 1.807) is 6.07 Å². The van der Waals surface area contributed by atoms with Gasteiger partial charge in [-0.1, -0.05) is 26.0 Å². The summed E-state index contributed by atoms with van der Waals surface area (Å²) in [5, 5.41) is 0. The van der Waals surface area contributed by atoms with E-state index in [1.165, 1.54) is 12.5 Å². The van der Waals surface area contributed by atoms with Crippen LogP contribution >= 0.6 is 27.7 Å². The van der Waals surface area contributed by atoms with E-state index in [4.69, 9.17) is 0 Å². The van der Waals surface area contributed by atoms with Gasteiger partial charge in [0.05, 0.1) is 4.47 Å². The Kier molecular flexibility index (Phi) is 4.73. The molecule has 1 saturated heterocycles. The van der Waals surface area contributed by atoms with Gasteiger partial charge in [-0.15, -0.1) is 0 Å². The van der Waals surface area contributed by atoms with Crippen LogP contribution in [0.4, 0.5) is 4.39 Å². The van der Waals surface area contributed by atoms with Crippen molar-refractivity contribution in [3.63, 3.8) is 0 Å². The summed E-state index contributed by atoms with van der Waals surface area (Å²) in [5.74, 6) is 0.983. The molecule has 0 N–H and O–H groups in total. The number of hydrogen-bond donors (Lipinski definition) is 0. The number of benzene rings is 1. The highest BCUT2D eigenvalue weighted by atomic mass is 79.9. The molecule has 0 aliphatic carbocycles. The van der Waals surface area contributed by atoms with Gasteiger partial charge in [0.15, 0.2) is 0 Å². The summed E-state index contributed by atoms with van der Waals surface area (Å²) >= 11 is 5.38. The van der Waals surface area contributed by atoms with Crippen molar-refractivity contribution in [3.05, 3.63) is 34.1 Å². The average molecular weight is 332 g/mol. The van der Waals surface area contributed by atoms with Crippen LogP contribution in [0.1, 0.15) is 25.8 Å². The molecule has 0 amide bonds. The minimum atomic E-state index is -0.169. The fraction of sp³-hybridized carbons (Fsp3) is 0.571. The quantitative estimate of drug-likeness (QED) is 0.794. The third kappa shape index (κ3) is 3.72. The van der Waals surface area contributed by atoms with E-state index in [9.17, 15) is 4.39 Å². The van der Waals surface area contributed by atoms with Gasteiger partial charge in [0.2, 0.25) is 0 Å². The lowest BCUT2D eigenvalue weighted by molar-refractivity contribution is 0.275. The van der Waals surface area contributed by atoms with Crippen molar-refractivity contribution >= 4 is 27.7 Å². The fourth-order valence-corrected chi connectivity index (χ4v) is 3.66. The molecule has 0 unspecified atom stereocenters. The molecule has 1 aliphatic rings. The zero-order chi connectivity index (χ0) is 13.2. The van der Waals surface area contributed by atoms with Crippen LogP contribution in [0, 0.1) is 5.82 Å².